The molecule has 1 aromatic heterocycles. The average Bonchev–Trinajstić information content (AvgIpc) is 3.73. The Labute approximate surface area is 289 Å². The van der Waals surface area contributed by atoms with Gasteiger partial charge in [0.25, 0.3) is 0 Å². The Morgan fingerprint density at radius 2 is 1.06 bits per heavy atom. The van der Waals surface area contributed by atoms with Crippen molar-refractivity contribution in [2.75, 3.05) is 4.90 Å². The monoisotopic (exact) mass is 637 g/mol. The fraction of sp³-hybridized carbons (Fsp3) is 0.0417. The number of hydrogen-bond acceptors (Lipinski definition) is 2. The van der Waals surface area contributed by atoms with Crippen LogP contribution < -0.4 is 4.90 Å². The third kappa shape index (κ3) is 4.02. The summed E-state index contributed by atoms with van der Waals surface area (Å²) in [6.07, 6.45) is 7.18. The molecule has 8 aromatic carbocycles. The summed E-state index contributed by atoms with van der Waals surface area (Å²) < 4.78 is 6.15. The van der Waals surface area contributed by atoms with Crippen molar-refractivity contribution in [1.82, 2.24) is 0 Å². The SMILES string of the molecule is C1=CC2c3ccccc3N(c3cccc(-c4ccc5c6ccccc6c6ccccc6c5c4)c3)C2C=C1c1ccc2oc3ccccc3c2c1. The molecule has 2 heterocycles. The van der Waals surface area contributed by atoms with E-state index in [1.807, 2.05) is 12.1 Å². The fourth-order valence-corrected chi connectivity index (χ4v) is 8.67. The van der Waals surface area contributed by atoms with Crippen LogP contribution in [0.1, 0.15) is 17.0 Å². The number of fused-ring (bicyclic) bond motifs is 12. The number of furan rings is 1. The van der Waals surface area contributed by atoms with E-state index < -0.39 is 0 Å². The Bertz CT molecular complexity index is 2870. The molecule has 1 aliphatic heterocycles. The minimum Gasteiger partial charge on any atom is -0.456 e. The molecule has 2 heteroatoms. The molecule has 2 atom stereocenters. The molecule has 0 radical (unpaired) electrons. The van der Waals surface area contributed by atoms with Crippen LogP contribution in [0.25, 0.3) is 71.0 Å². The lowest BCUT2D eigenvalue weighted by molar-refractivity contribution is 0.669. The highest BCUT2D eigenvalue weighted by atomic mass is 16.3. The summed E-state index contributed by atoms with van der Waals surface area (Å²) in [5.74, 6) is 0.275. The number of benzene rings is 8. The molecule has 0 amide bonds. The van der Waals surface area contributed by atoms with E-state index in [9.17, 15) is 0 Å². The van der Waals surface area contributed by atoms with Gasteiger partial charge in [0.05, 0.1) is 6.04 Å². The molecular weight excluding hydrogens is 607 g/mol. The molecular formula is C48H31NO. The van der Waals surface area contributed by atoms with Gasteiger partial charge in [-0.2, -0.15) is 0 Å². The van der Waals surface area contributed by atoms with Crippen LogP contribution in [-0.4, -0.2) is 6.04 Å². The summed E-state index contributed by atoms with van der Waals surface area (Å²) in [6, 6.07) is 57.7. The van der Waals surface area contributed by atoms with Crippen LogP contribution in [0.5, 0.6) is 0 Å². The van der Waals surface area contributed by atoms with Crippen molar-refractivity contribution in [2.45, 2.75) is 12.0 Å². The van der Waals surface area contributed by atoms with E-state index in [0.29, 0.717) is 0 Å². The number of nitrogens with zero attached hydrogens (tertiary/aromatic N) is 1. The van der Waals surface area contributed by atoms with Gasteiger partial charge < -0.3 is 9.32 Å². The number of anilines is 2. The smallest absolute Gasteiger partial charge is 0.135 e. The zero-order valence-electron chi connectivity index (χ0n) is 27.3. The predicted molar refractivity (Wildman–Crippen MR) is 210 cm³/mol. The quantitative estimate of drug-likeness (QED) is 0.179. The first-order chi connectivity index (χ1) is 24.8. The van der Waals surface area contributed by atoms with E-state index >= 15 is 0 Å². The van der Waals surface area contributed by atoms with Crippen LogP contribution in [0.4, 0.5) is 11.4 Å². The third-order valence-electron chi connectivity index (χ3n) is 11.0. The Hall–Kier alpha value is -6.38. The van der Waals surface area contributed by atoms with E-state index in [0.717, 1.165) is 21.9 Å². The zero-order chi connectivity index (χ0) is 32.8. The maximum Gasteiger partial charge on any atom is 0.135 e. The summed E-state index contributed by atoms with van der Waals surface area (Å²) >= 11 is 0. The first-order valence-electron chi connectivity index (χ1n) is 17.4. The van der Waals surface area contributed by atoms with Crippen LogP contribution in [0.15, 0.2) is 180 Å². The van der Waals surface area contributed by atoms with Crippen molar-refractivity contribution < 1.29 is 4.42 Å². The van der Waals surface area contributed by atoms with Crippen LogP contribution in [0, 0.1) is 0 Å². The molecule has 2 aliphatic rings. The minimum atomic E-state index is 0.159. The third-order valence-corrected chi connectivity index (χ3v) is 11.0. The summed E-state index contributed by atoms with van der Waals surface area (Å²) in [5, 5.41) is 10.1. The highest BCUT2D eigenvalue weighted by Crippen LogP contribution is 2.50. The van der Waals surface area contributed by atoms with Crippen LogP contribution >= 0.6 is 0 Å². The van der Waals surface area contributed by atoms with E-state index in [1.165, 1.54) is 71.5 Å². The number of rotatable bonds is 3. The van der Waals surface area contributed by atoms with Crippen LogP contribution in [0.3, 0.4) is 0 Å². The summed E-state index contributed by atoms with van der Waals surface area (Å²) in [4.78, 5) is 2.54. The lowest BCUT2D eigenvalue weighted by Crippen LogP contribution is -2.29. The molecule has 2 unspecified atom stereocenters. The van der Waals surface area contributed by atoms with Gasteiger partial charge in [0.15, 0.2) is 0 Å². The van der Waals surface area contributed by atoms with E-state index in [1.54, 1.807) is 0 Å². The van der Waals surface area contributed by atoms with Gasteiger partial charge in [-0.3, -0.25) is 0 Å². The normalized spacial score (nSPS) is 16.8. The van der Waals surface area contributed by atoms with Crippen molar-refractivity contribution in [2.24, 2.45) is 0 Å². The molecule has 2 nitrogen and oxygen atoms in total. The molecule has 0 fully saturated rings. The Morgan fingerprint density at radius 3 is 1.88 bits per heavy atom. The van der Waals surface area contributed by atoms with Gasteiger partial charge in [-0.1, -0.05) is 133 Å². The van der Waals surface area contributed by atoms with Crippen LogP contribution in [-0.2, 0) is 0 Å². The molecule has 1 aliphatic carbocycles. The lowest BCUT2D eigenvalue weighted by atomic mass is 9.86. The van der Waals surface area contributed by atoms with Gasteiger partial charge in [0, 0.05) is 28.1 Å². The summed E-state index contributed by atoms with van der Waals surface area (Å²) in [7, 11) is 0. The lowest BCUT2D eigenvalue weighted by Gasteiger charge is -2.30. The molecule has 0 saturated carbocycles. The topological polar surface area (TPSA) is 16.4 Å². The number of hydrogen-bond donors (Lipinski definition) is 0. The van der Waals surface area contributed by atoms with Gasteiger partial charge >= 0.3 is 0 Å². The number of para-hydroxylation sites is 2. The van der Waals surface area contributed by atoms with Gasteiger partial charge in [-0.25, -0.2) is 0 Å². The standard InChI is InChI=1S/C48H31NO/c1-2-14-37-35(12-1)36-13-3-4-15-38(36)43-27-31(20-23-39(37)43)30-10-9-11-34(26-30)49-45-18-7-5-16-40(45)41-24-21-33(29-46(41)49)32-22-25-48-44(28-32)42-17-6-8-19-47(42)50-48/h1-29,41,46H. The van der Waals surface area contributed by atoms with Crippen molar-refractivity contribution in [3.05, 3.63) is 187 Å². The maximum atomic E-state index is 6.15. The van der Waals surface area contributed by atoms with E-state index in [4.69, 9.17) is 4.42 Å². The van der Waals surface area contributed by atoms with Crippen LogP contribution in [0.2, 0.25) is 0 Å². The largest absolute Gasteiger partial charge is 0.456 e. The molecule has 0 N–H and O–H groups in total. The van der Waals surface area contributed by atoms with Gasteiger partial charge in [0.1, 0.15) is 11.2 Å². The Morgan fingerprint density at radius 1 is 0.440 bits per heavy atom. The number of allylic oxidation sites excluding steroid dienone is 2. The first-order valence-corrected chi connectivity index (χ1v) is 17.4. The van der Waals surface area contributed by atoms with Crippen molar-refractivity contribution in [3.63, 3.8) is 0 Å². The maximum absolute atomic E-state index is 6.15. The fourth-order valence-electron chi connectivity index (χ4n) is 8.67. The second-order valence-corrected chi connectivity index (χ2v) is 13.6. The molecule has 11 rings (SSSR count). The first kappa shape index (κ1) is 27.6. The molecule has 0 saturated heterocycles. The Balaban J connectivity index is 1.03. The summed E-state index contributed by atoms with van der Waals surface area (Å²) in [6.45, 7) is 0. The molecule has 50 heavy (non-hydrogen) atoms. The van der Waals surface area contributed by atoms with Crippen molar-refractivity contribution >= 4 is 71.2 Å². The van der Waals surface area contributed by atoms with Gasteiger partial charge in [-0.05, 0) is 103 Å². The molecule has 9 aromatic rings. The highest BCUT2D eigenvalue weighted by Gasteiger charge is 2.38. The highest BCUT2D eigenvalue weighted by molar-refractivity contribution is 6.25. The molecule has 0 bridgehead atoms. The second kappa shape index (κ2) is 10.6. The van der Waals surface area contributed by atoms with Gasteiger partial charge in [-0.15, -0.1) is 0 Å². The molecule has 234 valence electrons. The van der Waals surface area contributed by atoms with Gasteiger partial charge in [0.2, 0.25) is 0 Å². The van der Waals surface area contributed by atoms with Crippen molar-refractivity contribution in [1.29, 1.82) is 0 Å². The van der Waals surface area contributed by atoms with Crippen molar-refractivity contribution in [3.8, 4) is 11.1 Å². The Kier molecular flexibility index (Phi) is 5.82. The zero-order valence-corrected chi connectivity index (χ0v) is 27.3. The second-order valence-electron chi connectivity index (χ2n) is 13.6. The minimum absolute atomic E-state index is 0.159. The summed E-state index contributed by atoms with van der Waals surface area (Å²) in [5.41, 5.74) is 10.6. The van der Waals surface area contributed by atoms with E-state index in [2.05, 4.69) is 169 Å². The van der Waals surface area contributed by atoms with E-state index in [-0.39, 0.29) is 12.0 Å². The predicted octanol–water partition coefficient (Wildman–Crippen LogP) is 13.0. The molecule has 0 spiro atoms. The average molecular weight is 638 g/mol.